The molecule has 0 heterocycles. The van der Waals surface area contributed by atoms with Crippen LogP contribution in [-0.2, 0) is 14.6 Å². The third-order valence-corrected chi connectivity index (χ3v) is 9.26. The Bertz CT molecular complexity index is 867. The van der Waals surface area contributed by atoms with Crippen molar-refractivity contribution in [2.75, 3.05) is 0 Å². The van der Waals surface area contributed by atoms with Crippen LogP contribution in [-0.4, -0.2) is 30.3 Å². The molecule has 4 saturated carbocycles. The third-order valence-electron chi connectivity index (χ3n) is 8.89. The minimum absolute atomic E-state index is 0.0135. The van der Waals surface area contributed by atoms with E-state index in [0.717, 1.165) is 38.5 Å². The topological polar surface area (TPSA) is 83.8 Å². The molecular formula is C21H36O5S. The summed E-state index contributed by atoms with van der Waals surface area (Å²) in [6, 6.07) is 0. The number of fused-ring (bicyclic) bond motifs is 5. The molecule has 0 saturated heterocycles. The van der Waals surface area contributed by atoms with Crippen LogP contribution >= 0.6 is 0 Å². The molecule has 0 amide bonds. The average molecular weight is 406 g/mol. The molecule has 0 unspecified atom stereocenters. The lowest BCUT2D eigenvalue weighted by atomic mass is 9.44. The van der Waals surface area contributed by atoms with Gasteiger partial charge in [0, 0.05) is 5.48 Å². The molecule has 2 N–H and O–H groups in total. The summed E-state index contributed by atoms with van der Waals surface area (Å²) in [7, 11) is -5.25. The van der Waals surface area contributed by atoms with E-state index in [0.29, 0.717) is 24.7 Å². The summed E-state index contributed by atoms with van der Waals surface area (Å²) in [4.78, 5) is 0. The van der Waals surface area contributed by atoms with Gasteiger partial charge >= 0.3 is 10.4 Å². The molecule has 0 aromatic heterocycles. The van der Waals surface area contributed by atoms with Crippen molar-refractivity contribution in [2.45, 2.75) is 90.7 Å². The van der Waals surface area contributed by atoms with Crippen LogP contribution in [0, 0.1) is 40.4 Å². The summed E-state index contributed by atoms with van der Waals surface area (Å²) in [5.74, 6) is -0.898. The molecule has 27 heavy (non-hydrogen) atoms. The Morgan fingerprint density at radius 2 is 1.81 bits per heavy atom. The van der Waals surface area contributed by atoms with E-state index in [9.17, 15) is 19.4 Å². The lowest BCUT2D eigenvalue weighted by molar-refractivity contribution is -0.131. The molecule has 6 heteroatoms. The highest BCUT2D eigenvalue weighted by molar-refractivity contribution is 7.80. The van der Waals surface area contributed by atoms with Crippen molar-refractivity contribution in [3.05, 3.63) is 0 Å². The van der Waals surface area contributed by atoms with Crippen molar-refractivity contribution < 1.29 is 29.1 Å². The Labute approximate surface area is 171 Å². The Balaban J connectivity index is 1.71. The molecule has 4 aliphatic carbocycles. The van der Waals surface area contributed by atoms with Crippen LogP contribution in [0.1, 0.15) is 85.3 Å². The highest BCUT2D eigenvalue weighted by atomic mass is 32.3. The Morgan fingerprint density at radius 3 is 2.52 bits per heavy atom. The predicted octanol–water partition coefficient (Wildman–Crippen LogP) is 4.21. The summed E-state index contributed by atoms with van der Waals surface area (Å²) in [5.41, 5.74) is -0.823. The van der Waals surface area contributed by atoms with Crippen LogP contribution < -0.4 is 0 Å². The third kappa shape index (κ3) is 3.28. The van der Waals surface area contributed by atoms with Crippen molar-refractivity contribution in [2.24, 2.45) is 40.4 Å². The molecule has 0 spiro atoms. The van der Waals surface area contributed by atoms with Gasteiger partial charge in [0.2, 0.25) is 0 Å². The fourth-order valence-corrected chi connectivity index (χ4v) is 7.89. The van der Waals surface area contributed by atoms with Gasteiger partial charge in [0.15, 0.2) is 0 Å². The van der Waals surface area contributed by atoms with Gasteiger partial charge in [-0.2, -0.15) is 8.42 Å². The zero-order valence-corrected chi connectivity index (χ0v) is 17.1. The first-order chi connectivity index (χ1) is 14.5. The number of hydrogen-bond acceptors (Lipinski definition) is 4. The van der Waals surface area contributed by atoms with Crippen LogP contribution in [0.4, 0.5) is 0 Å². The first-order valence-corrected chi connectivity index (χ1v) is 11.7. The van der Waals surface area contributed by atoms with Gasteiger partial charge in [-0.3, -0.25) is 4.55 Å². The molecule has 5 nitrogen and oxygen atoms in total. The van der Waals surface area contributed by atoms with E-state index in [1.54, 1.807) is 0 Å². The Hall–Kier alpha value is -0.170. The molecule has 0 bridgehead atoms. The molecule has 0 aromatic rings. The van der Waals surface area contributed by atoms with Gasteiger partial charge in [-0.15, -0.1) is 0 Å². The summed E-state index contributed by atoms with van der Waals surface area (Å²) >= 11 is 0. The first kappa shape index (κ1) is 14.8. The summed E-state index contributed by atoms with van der Waals surface area (Å²) in [5, 5.41) is 10.2. The monoisotopic (exact) mass is 405 g/mol. The van der Waals surface area contributed by atoms with Gasteiger partial charge in [0.1, 0.15) is 0 Å². The van der Waals surface area contributed by atoms with Crippen LogP contribution in [0.3, 0.4) is 0 Å². The minimum atomic E-state index is -5.25. The van der Waals surface area contributed by atoms with E-state index in [2.05, 4.69) is 11.1 Å². The smallest absolute Gasteiger partial charge is 0.393 e. The Morgan fingerprint density at radius 1 is 1.11 bits per heavy atom. The van der Waals surface area contributed by atoms with E-state index in [4.69, 9.17) is 5.48 Å². The molecule has 4 fully saturated rings. The molecule has 9 atom stereocenters. The number of rotatable bonds is 3. The lowest BCUT2D eigenvalue weighted by Crippen LogP contribution is -2.54. The maximum absolute atomic E-state index is 11.6. The lowest BCUT2D eigenvalue weighted by Gasteiger charge is -2.61. The largest absolute Gasteiger partial charge is 0.397 e. The van der Waals surface area contributed by atoms with Gasteiger partial charge in [-0.05, 0) is 105 Å². The minimum Gasteiger partial charge on any atom is -0.393 e. The highest BCUT2D eigenvalue weighted by Gasteiger charge is 2.61. The second-order valence-electron chi connectivity index (χ2n) is 9.90. The summed E-state index contributed by atoms with van der Waals surface area (Å²) in [6.07, 6.45) is 3.02. The standard InChI is InChI=1S/C21H36O5S/c1-13(26-27(23,24)25)17-6-7-18-16-5-4-14-12-15(22)8-10-20(14,2)19(16)9-11-21(17,18)3/h13-19,22H,4-12H2,1-3H3,(H,23,24,25)/t13-,14-,15+,16-,17+,18-,19-,20-,21+/m0/s1/i1D3,13D,17D. The fourth-order valence-electron chi connectivity index (χ4n) is 7.58. The quantitative estimate of drug-likeness (QED) is 0.687. The van der Waals surface area contributed by atoms with Gasteiger partial charge in [-0.25, -0.2) is 4.18 Å². The Kier molecular flexibility index (Phi) is 3.65. The van der Waals surface area contributed by atoms with E-state index in [1.807, 2.05) is 6.92 Å². The van der Waals surface area contributed by atoms with Gasteiger partial charge < -0.3 is 5.11 Å². The predicted molar refractivity (Wildman–Crippen MR) is 103 cm³/mol. The van der Waals surface area contributed by atoms with Crippen LogP contribution in [0.25, 0.3) is 0 Å². The molecule has 4 aliphatic rings. The average Bonchev–Trinajstić information content (AvgIpc) is 2.93. The van der Waals surface area contributed by atoms with Crippen molar-refractivity contribution in [3.63, 3.8) is 0 Å². The molecular weight excluding hydrogens is 364 g/mol. The molecule has 0 radical (unpaired) electrons. The zero-order chi connectivity index (χ0) is 24.0. The molecule has 4 rings (SSSR count). The van der Waals surface area contributed by atoms with Crippen molar-refractivity contribution in [1.82, 2.24) is 0 Å². The second kappa shape index (κ2) is 6.68. The molecule has 0 aliphatic heterocycles. The van der Waals surface area contributed by atoms with E-state index < -0.39 is 34.6 Å². The summed E-state index contributed by atoms with van der Waals surface area (Å²) in [6.45, 7) is 0.919. The van der Waals surface area contributed by atoms with Gasteiger partial charge in [-0.1, -0.05) is 13.8 Å². The highest BCUT2D eigenvalue weighted by Crippen LogP contribution is 2.67. The maximum Gasteiger partial charge on any atom is 0.397 e. The maximum atomic E-state index is 11.6. The van der Waals surface area contributed by atoms with Crippen LogP contribution in [0.15, 0.2) is 0 Å². The number of hydrogen-bond donors (Lipinski definition) is 2. The number of aliphatic hydroxyl groups excluding tert-OH is 1. The van der Waals surface area contributed by atoms with Crippen LogP contribution in [0.2, 0.25) is 0 Å². The second-order valence-corrected chi connectivity index (χ2v) is 10.9. The van der Waals surface area contributed by atoms with Crippen molar-refractivity contribution in [3.8, 4) is 0 Å². The SMILES string of the molecule is [2H]C([2H])([2H])[C@]([2H])(OS(=O)(=O)O)[C@@]1([2H])CC[C@H]2[C@@H]3CC[C@H]4C[C@H](O)CC[C@]4(C)[C@H]3CC[C@@]21C. The van der Waals surface area contributed by atoms with Gasteiger partial charge in [0.25, 0.3) is 0 Å². The first-order valence-electron chi connectivity index (χ1n) is 12.8. The van der Waals surface area contributed by atoms with E-state index in [-0.39, 0.29) is 29.8 Å². The fraction of sp³-hybridized carbons (Fsp3) is 1.00. The van der Waals surface area contributed by atoms with Crippen LogP contribution in [0.5, 0.6) is 0 Å². The normalized spacial score (nSPS) is 58.2. The van der Waals surface area contributed by atoms with E-state index in [1.165, 1.54) is 0 Å². The van der Waals surface area contributed by atoms with Gasteiger partial charge in [0.05, 0.1) is 13.6 Å². The molecule has 156 valence electrons. The number of aliphatic hydroxyl groups is 1. The summed E-state index contributed by atoms with van der Waals surface area (Å²) < 4.78 is 78.7. The van der Waals surface area contributed by atoms with E-state index >= 15 is 0 Å². The van der Waals surface area contributed by atoms with Crippen molar-refractivity contribution >= 4 is 10.4 Å². The molecule has 0 aromatic carbocycles. The zero-order valence-electron chi connectivity index (χ0n) is 21.3. The van der Waals surface area contributed by atoms with Crippen molar-refractivity contribution in [1.29, 1.82) is 0 Å².